The van der Waals surface area contributed by atoms with Crippen LogP contribution in [0.15, 0.2) is 24.3 Å². The van der Waals surface area contributed by atoms with Gasteiger partial charge in [0, 0.05) is 31.9 Å². The van der Waals surface area contributed by atoms with Gasteiger partial charge in [-0.15, -0.1) is 0 Å². The van der Waals surface area contributed by atoms with Crippen LogP contribution < -0.4 is 5.32 Å². The molecule has 116 valence electrons. The Morgan fingerprint density at radius 2 is 1.86 bits per heavy atom. The summed E-state index contributed by atoms with van der Waals surface area (Å²) in [5, 5.41) is 3.13. The molecule has 0 spiro atoms. The van der Waals surface area contributed by atoms with Crippen molar-refractivity contribution in [1.82, 2.24) is 9.80 Å². The van der Waals surface area contributed by atoms with Crippen molar-refractivity contribution in [2.45, 2.75) is 31.7 Å². The quantitative estimate of drug-likeness (QED) is 0.874. The molecule has 1 N–H and O–H groups in total. The number of benzene rings is 1. The summed E-state index contributed by atoms with van der Waals surface area (Å²) in [6.45, 7) is 1.71. The fourth-order valence-electron chi connectivity index (χ4n) is 3.02. The van der Waals surface area contributed by atoms with Crippen molar-refractivity contribution in [3.05, 3.63) is 29.8 Å². The fraction of sp³-hybridized carbons (Fsp3) is 0.588. The van der Waals surface area contributed by atoms with Crippen molar-refractivity contribution in [2.24, 2.45) is 0 Å². The predicted octanol–water partition coefficient (Wildman–Crippen LogP) is 2.67. The van der Waals surface area contributed by atoms with Crippen LogP contribution >= 0.6 is 0 Å². The number of hydrogen-bond donors (Lipinski definition) is 1. The Balaban J connectivity index is 2.20. The van der Waals surface area contributed by atoms with E-state index in [-0.39, 0.29) is 5.91 Å². The molecular formula is C17H27N3O. The highest BCUT2D eigenvalue weighted by Crippen LogP contribution is 2.26. The van der Waals surface area contributed by atoms with E-state index in [1.165, 1.54) is 12.8 Å². The van der Waals surface area contributed by atoms with E-state index in [2.05, 4.69) is 29.2 Å². The van der Waals surface area contributed by atoms with Gasteiger partial charge in [-0.2, -0.15) is 0 Å². The summed E-state index contributed by atoms with van der Waals surface area (Å²) in [5.74, 6) is 0.161. The average Bonchev–Trinajstić information content (AvgIpc) is 3.01. The zero-order chi connectivity index (χ0) is 15.2. The van der Waals surface area contributed by atoms with E-state index in [1.807, 2.05) is 31.3 Å². The third-order valence-electron chi connectivity index (χ3n) is 4.24. The van der Waals surface area contributed by atoms with Crippen molar-refractivity contribution < 1.29 is 4.79 Å². The zero-order valence-electron chi connectivity index (χ0n) is 13.4. The maximum absolute atomic E-state index is 13.0. The molecule has 21 heavy (non-hydrogen) atoms. The maximum atomic E-state index is 13.0. The van der Waals surface area contributed by atoms with E-state index in [0.29, 0.717) is 6.04 Å². The number of likely N-dealkylation sites (N-methyl/N-ethyl adjacent to an activating group) is 1. The molecule has 1 amide bonds. The molecule has 1 fully saturated rings. The van der Waals surface area contributed by atoms with Gasteiger partial charge in [-0.3, -0.25) is 4.79 Å². The number of nitrogens with one attached hydrogen (secondary N) is 1. The lowest BCUT2D eigenvalue weighted by atomic mass is 10.1. The Bertz CT molecular complexity index is 467. The molecule has 0 bridgehead atoms. The van der Waals surface area contributed by atoms with Crippen LogP contribution in [0.4, 0.5) is 5.69 Å². The van der Waals surface area contributed by atoms with Gasteiger partial charge in [0.1, 0.15) is 0 Å². The van der Waals surface area contributed by atoms with E-state index < -0.39 is 0 Å². The van der Waals surface area contributed by atoms with Crippen molar-refractivity contribution in [1.29, 1.82) is 0 Å². The van der Waals surface area contributed by atoms with Crippen LogP contribution in [-0.4, -0.2) is 56.0 Å². The molecule has 4 nitrogen and oxygen atoms in total. The summed E-state index contributed by atoms with van der Waals surface area (Å²) in [5.41, 5.74) is 1.70. The standard InChI is InChI=1S/C17H27N3O/c1-18-16-11-7-6-10-15(16)17(21)20(13-12-19(2)3)14-8-4-5-9-14/h6-7,10-11,14,18H,4-5,8-9,12-13H2,1-3H3. The molecule has 0 heterocycles. The molecule has 1 aromatic carbocycles. The van der Waals surface area contributed by atoms with Gasteiger partial charge in [0.15, 0.2) is 0 Å². The second-order valence-corrected chi connectivity index (χ2v) is 6.04. The van der Waals surface area contributed by atoms with E-state index >= 15 is 0 Å². The van der Waals surface area contributed by atoms with Gasteiger partial charge >= 0.3 is 0 Å². The van der Waals surface area contributed by atoms with Gasteiger partial charge in [-0.25, -0.2) is 0 Å². The molecule has 1 aliphatic carbocycles. The normalized spacial score (nSPS) is 15.4. The number of hydrogen-bond acceptors (Lipinski definition) is 3. The highest BCUT2D eigenvalue weighted by molar-refractivity contribution is 5.99. The van der Waals surface area contributed by atoms with Gasteiger partial charge in [0.05, 0.1) is 5.56 Å². The van der Waals surface area contributed by atoms with Crippen molar-refractivity contribution in [2.75, 3.05) is 39.5 Å². The lowest BCUT2D eigenvalue weighted by molar-refractivity contribution is 0.0668. The Hall–Kier alpha value is -1.55. The first-order valence-corrected chi connectivity index (χ1v) is 7.86. The van der Waals surface area contributed by atoms with E-state index in [1.54, 1.807) is 0 Å². The van der Waals surface area contributed by atoms with Crippen LogP contribution in [0, 0.1) is 0 Å². The molecule has 1 aliphatic rings. The van der Waals surface area contributed by atoms with Crippen LogP contribution in [0.25, 0.3) is 0 Å². The minimum Gasteiger partial charge on any atom is -0.387 e. The summed E-state index contributed by atoms with van der Waals surface area (Å²) >= 11 is 0. The Kier molecular flexibility index (Phi) is 5.62. The largest absolute Gasteiger partial charge is 0.387 e. The summed E-state index contributed by atoms with van der Waals surface area (Å²) in [6.07, 6.45) is 4.76. The predicted molar refractivity (Wildman–Crippen MR) is 87.8 cm³/mol. The summed E-state index contributed by atoms with van der Waals surface area (Å²) in [4.78, 5) is 17.2. The van der Waals surface area contributed by atoms with Crippen molar-refractivity contribution in [3.8, 4) is 0 Å². The third-order valence-corrected chi connectivity index (χ3v) is 4.24. The van der Waals surface area contributed by atoms with Gasteiger partial charge in [0.2, 0.25) is 0 Å². The highest BCUT2D eigenvalue weighted by Gasteiger charge is 2.28. The molecule has 0 atom stereocenters. The van der Waals surface area contributed by atoms with Crippen molar-refractivity contribution in [3.63, 3.8) is 0 Å². The monoisotopic (exact) mass is 289 g/mol. The number of nitrogens with zero attached hydrogens (tertiary/aromatic N) is 2. The van der Waals surface area contributed by atoms with Gasteiger partial charge in [-0.1, -0.05) is 25.0 Å². The lowest BCUT2D eigenvalue weighted by Crippen LogP contribution is -2.42. The molecule has 0 aliphatic heterocycles. The minimum absolute atomic E-state index is 0.161. The lowest BCUT2D eigenvalue weighted by Gasteiger charge is -2.31. The Morgan fingerprint density at radius 1 is 1.19 bits per heavy atom. The number of anilines is 1. The molecule has 4 heteroatoms. The first-order valence-electron chi connectivity index (χ1n) is 7.86. The van der Waals surface area contributed by atoms with Crippen LogP contribution in [0.1, 0.15) is 36.0 Å². The minimum atomic E-state index is 0.161. The number of rotatable bonds is 6. The topological polar surface area (TPSA) is 35.6 Å². The summed E-state index contributed by atoms with van der Waals surface area (Å²) < 4.78 is 0. The van der Waals surface area contributed by atoms with Crippen LogP contribution in [-0.2, 0) is 0 Å². The van der Waals surface area contributed by atoms with Gasteiger partial charge in [0.25, 0.3) is 5.91 Å². The van der Waals surface area contributed by atoms with Crippen LogP contribution in [0.3, 0.4) is 0 Å². The molecule has 0 saturated heterocycles. The second-order valence-electron chi connectivity index (χ2n) is 6.04. The SMILES string of the molecule is CNc1ccccc1C(=O)N(CCN(C)C)C1CCCC1. The molecule has 2 rings (SSSR count). The zero-order valence-corrected chi connectivity index (χ0v) is 13.4. The van der Waals surface area contributed by atoms with Gasteiger partial charge in [-0.05, 0) is 39.1 Å². The van der Waals surface area contributed by atoms with E-state index in [4.69, 9.17) is 0 Å². The number of amides is 1. The average molecular weight is 289 g/mol. The number of carbonyl (C=O) groups excluding carboxylic acids is 1. The van der Waals surface area contributed by atoms with Crippen LogP contribution in [0.2, 0.25) is 0 Å². The maximum Gasteiger partial charge on any atom is 0.256 e. The Labute approximate surface area is 128 Å². The second kappa shape index (κ2) is 7.46. The fourth-order valence-corrected chi connectivity index (χ4v) is 3.02. The first-order chi connectivity index (χ1) is 10.1. The molecule has 1 saturated carbocycles. The first kappa shape index (κ1) is 15.8. The molecule has 0 aromatic heterocycles. The van der Waals surface area contributed by atoms with Crippen molar-refractivity contribution >= 4 is 11.6 Å². The smallest absolute Gasteiger partial charge is 0.256 e. The molecular weight excluding hydrogens is 262 g/mol. The molecule has 1 aromatic rings. The molecule has 0 unspecified atom stereocenters. The van der Waals surface area contributed by atoms with Gasteiger partial charge < -0.3 is 15.1 Å². The van der Waals surface area contributed by atoms with E-state index in [0.717, 1.165) is 37.2 Å². The van der Waals surface area contributed by atoms with Crippen LogP contribution in [0.5, 0.6) is 0 Å². The Morgan fingerprint density at radius 3 is 2.48 bits per heavy atom. The highest BCUT2D eigenvalue weighted by atomic mass is 16.2. The number of para-hydroxylation sites is 1. The number of carbonyl (C=O) groups is 1. The summed E-state index contributed by atoms with van der Waals surface area (Å²) in [7, 11) is 5.98. The molecule has 0 radical (unpaired) electrons. The van der Waals surface area contributed by atoms with E-state index in [9.17, 15) is 4.79 Å². The summed E-state index contributed by atoms with van der Waals surface area (Å²) in [6, 6.07) is 8.19. The third kappa shape index (κ3) is 3.97.